The van der Waals surface area contributed by atoms with Gasteiger partial charge in [0.15, 0.2) is 0 Å². The zero-order valence-electron chi connectivity index (χ0n) is 11.5. The fourth-order valence-corrected chi connectivity index (χ4v) is 2.27. The molecule has 0 unspecified atom stereocenters. The maximum absolute atomic E-state index is 12.6. The van der Waals surface area contributed by atoms with Crippen LogP contribution in [0.4, 0.5) is 18.3 Å². The molecule has 0 saturated carbocycles. The van der Waals surface area contributed by atoms with Crippen molar-refractivity contribution in [1.29, 1.82) is 0 Å². The van der Waals surface area contributed by atoms with Crippen molar-refractivity contribution in [2.45, 2.75) is 19.5 Å². The van der Waals surface area contributed by atoms with Crippen LogP contribution in [-0.4, -0.2) is 16.1 Å². The van der Waals surface area contributed by atoms with Gasteiger partial charge in [-0.15, -0.1) is 10.2 Å². The molecule has 0 radical (unpaired) electrons. The zero-order valence-corrected chi connectivity index (χ0v) is 12.3. The molecule has 0 aliphatic heterocycles. The Morgan fingerprint density at radius 1 is 1.36 bits per heavy atom. The van der Waals surface area contributed by atoms with Crippen LogP contribution < -0.4 is 5.32 Å². The van der Waals surface area contributed by atoms with Crippen molar-refractivity contribution >= 4 is 28.5 Å². The van der Waals surface area contributed by atoms with Crippen LogP contribution in [0.5, 0.6) is 0 Å². The second-order valence-electron chi connectivity index (χ2n) is 4.30. The fourth-order valence-electron chi connectivity index (χ4n) is 1.58. The number of benzene rings is 1. The van der Waals surface area contributed by atoms with E-state index in [4.69, 9.17) is 0 Å². The first-order chi connectivity index (χ1) is 10.4. The normalized spacial score (nSPS) is 11.8. The number of rotatable bonds is 4. The summed E-state index contributed by atoms with van der Waals surface area (Å²) in [6, 6.07) is 4.73. The first-order valence-electron chi connectivity index (χ1n) is 6.37. The van der Waals surface area contributed by atoms with Gasteiger partial charge in [-0.25, -0.2) is 0 Å². The number of carbonyl (C=O) groups is 1. The van der Waals surface area contributed by atoms with Gasteiger partial charge in [0.2, 0.25) is 11.0 Å². The number of alkyl halides is 3. The third kappa shape index (κ3) is 4.39. The van der Waals surface area contributed by atoms with Gasteiger partial charge < -0.3 is 0 Å². The lowest BCUT2D eigenvalue weighted by atomic mass is 10.1. The van der Waals surface area contributed by atoms with Crippen LogP contribution in [0.2, 0.25) is 0 Å². The molecule has 1 aromatic heterocycles. The van der Waals surface area contributed by atoms with Crippen molar-refractivity contribution in [2.75, 3.05) is 5.32 Å². The summed E-state index contributed by atoms with van der Waals surface area (Å²) in [6.07, 6.45) is -1.22. The van der Waals surface area contributed by atoms with Gasteiger partial charge in [-0.05, 0) is 30.2 Å². The molecule has 1 aromatic carbocycles. The summed E-state index contributed by atoms with van der Waals surface area (Å²) in [5.41, 5.74) is -0.469. The van der Waals surface area contributed by atoms with Crippen LogP contribution in [0.25, 0.3) is 6.08 Å². The summed E-state index contributed by atoms with van der Waals surface area (Å²) >= 11 is 1.25. The average Bonchev–Trinajstić information content (AvgIpc) is 2.92. The number of anilines is 1. The predicted molar refractivity (Wildman–Crippen MR) is 78.4 cm³/mol. The Hall–Kier alpha value is -2.22. The van der Waals surface area contributed by atoms with Gasteiger partial charge in [-0.2, -0.15) is 13.2 Å². The Bertz CT molecular complexity index is 695. The van der Waals surface area contributed by atoms with E-state index in [-0.39, 0.29) is 5.56 Å². The molecular weight excluding hydrogens is 315 g/mol. The van der Waals surface area contributed by atoms with Gasteiger partial charge in [0, 0.05) is 6.08 Å². The van der Waals surface area contributed by atoms with Crippen LogP contribution in [-0.2, 0) is 17.4 Å². The van der Waals surface area contributed by atoms with Gasteiger partial charge in [0.25, 0.3) is 0 Å². The smallest absolute Gasteiger partial charge is 0.297 e. The second kappa shape index (κ2) is 6.69. The molecule has 2 rings (SSSR count). The monoisotopic (exact) mass is 327 g/mol. The Morgan fingerprint density at radius 2 is 2.14 bits per heavy atom. The highest BCUT2D eigenvalue weighted by Gasteiger charge is 2.30. The van der Waals surface area contributed by atoms with Crippen LogP contribution >= 0.6 is 11.3 Å². The third-order valence-corrected chi connectivity index (χ3v) is 3.62. The van der Waals surface area contributed by atoms with E-state index in [1.807, 2.05) is 6.92 Å². The molecule has 0 spiro atoms. The van der Waals surface area contributed by atoms with Crippen LogP contribution in [0, 0.1) is 0 Å². The molecule has 2 aromatic rings. The summed E-state index contributed by atoms with van der Waals surface area (Å²) in [6.45, 7) is 1.92. The predicted octanol–water partition coefficient (Wildman–Crippen LogP) is 3.77. The van der Waals surface area contributed by atoms with Crippen LogP contribution in [0.1, 0.15) is 23.1 Å². The number of aryl methyl sites for hydroxylation is 1. The largest absolute Gasteiger partial charge is 0.416 e. The molecule has 0 fully saturated rings. The Labute approximate surface area is 128 Å². The third-order valence-electron chi connectivity index (χ3n) is 2.64. The van der Waals surface area contributed by atoms with Crippen molar-refractivity contribution in [3.05, 3.63) is 46.5 Å². The topological polar surface area (TPSA) is 54.9 Å². The fraction of sp³-hybridized carbons (Fsp3) is 0.214. The molecule has 1 amide bonds. The summed E-state index contributed by atoms with van der Waals surface area (Å²) in [7, 11) is 0. The van der Waals surface area contributed by atoms with Crippen molar-refractivity contribution in [3.8, 4) is 0 Å². The first-order valence-corrected chi connectivity index (χ1v) is 7.19. The van der Waals surface area contributed by atoms with E-state index < -0.39 is 17.6 Å². The SMILES string of the molecule is CCc1nnc(NC(=O)/C=C/c2cccc(C(F)(F)F)c2)s1. The highest BCUT2D eigenvalue weighted by molar-refractivity contribution is 7.15. The van der Waals surface area contributed by atoms with E-state index in [9.17, 15) is 18.0 Å². The number of amides is 1. The summed E-state index contributed by atoms with van der Waals surface area (Å²) in [5.74, 6) is -0.476. The minimum absolute atomic E-state index is 0.288. The molecule has 116 valence electrons. The molecule has 0 atom stereocenters. The summed E-state index contributed by atoms with van der Waals surface area (Å²) in [5, 5.41) is 11.3. The van der Waals surface area contributed by atoms with Crippen molar-refractivity contribution < 1.29 is 18.0 Å². The van der Waals surface area contributed by atoms with Crippen molar-refractivity contribution in [1.82, 2.24) is 10.2 Å². The summed E-state index contributed by atoms with van der Waals surface area (Å²) < 4.78 is 37.7. The van der Waals surface area contributed by atoms with Gasteiger partial charge in [-0.3, -0.25) is 10.1 Å². The van der Waals surface area contributed by atoms with E-state index in [1.165, 1.54) is 29.5 Å². The highest BCUT2D eigenvalue weighted by Crippen LogP contribution is 2.29. The minimum atomic E-state index is -4.41. The first kappa shape index (κ1) is 16.2. The van der Waals surface area contributed by atoms with Gasteiger partial charge in [-0.1, -0.05) is 30.4 Å². The lowest BCUT2D eigenvalue weighted by Gasteiger charge is -2.06. The molecule has 0 aliphatic rings. The lowest BCUT2D eigenvalue weighted by Crippen LogP contribution is -2.07. The number of hydrogen-bond acceptors (Lipinski definition) is 4. The minimum Gasteiger partial charge on any atom is -0.297 e. The molecule has 22 heavy (non-hydrogen) atoms. The van der Waals surface area contributed by atoms with E-state index in [0.717, 1.165) is 23.2 Å². The van der Waals surface area contributed by atoms with Gasteiger partial charge >= 0.3 is 6.18 Å². The highest BCUT2D eigenvalue weighted by atomic mass is 32.1. The molecule has 1 heterocycles. The van der Waals surface area contributed by atoms with E-state index in [0.29, 0.717) is 11.6 Å². The number of hydrogen-bond donors (Lipinski definition) is 1. The average molecular weight is 327 g/mol. The molecule has 4 nitrogen and oxygen atoms in total. The molecule has 0 saturated heterocycles. The van der Waals surface area contributed by atoms with Crippen LogP contribution in [0.3, 0.4) is 0 Å². The number of aromatic nitrogens is 2. The summed E-state index contributed by atoms with van der Waals surface area (Å²) in [4.78, 5) is 11.7. The maximum atomic E-state index is 12.6. The zero-order chi connectivity index (χ0) is 16.2. The van der Waals surface area contributed by atoms with Crippen molar-refractivity contribution in [2.24, 2.45) is 0 Å². The van der Waals surface area contributed by atoms with Crippen LogP contribution in [0.15, 0.2) is 30.3 Å². The molecular formula is C14H12F3N3OS. The Morgan fingerprint density at radius 3 is 2.77 bits per heavy atom. The number of nitrogens with one attached hydrogen (secondary N) is 1. The Kier molecular flexibility index (Phi) is 4.92. The van der Waals surface area contributed by atoms with Gasteiger partial charge in [0.05, 0.1) is 5.56 Å². The lowest BCUT2D eigenvalue weighted by molar-refractivity contribution is -0.137. The Balaban J connectivity index is 2.03. The molecule has 0 bridgehead atoms. The molecule has 0 aliphatic carbocycles. The number of nitrogens with zero attached hydrogens (tertiary/aromatic N) is 2. The second-order valence-corrected chi connectivity index (χ2v) is 5.36. The maximum Gasteiger partial charge on any atom is 0.416 e. The number of carbonyl (C=O) groups excluding carboxylic acids is 1. The molecule has 8 heteroatoms. The van der Waals surface area contributed by atoms with Gasteiger partial charge in [0.1, 0.15) is 5.01 Å². The van der Waals surface area contributed by atoms with E-state index in [1.54, 1.807) is 0 Å². The van der Waals surface area contributed by atoms with Crippen molar-refractivity contribution in [3.63, 3.8) is 0 Å². The molecule has 1 N–H and O–H groups in total. The quantitative estimate of drug-likeness (QED) is 0.870. The van der Waals surface area contributed by atoms with E-state index >= 15 is 0 Å². The number of halogens is 3. The van der Waals surface area contributed by atoms with E-state index in [2.05, 4.69) is 15.5 Å². The standard InChI is InChI=1S/C14H12F3N3OS/c1-2-12-19-20-13(22-12)18-11(21)7-6-9-4-3-5-10(8-9)14(15,16)17/h3-8H,2H2,1H3,(H,18,20,21)/b7-6+.